The number of hydrogen-bond acceptors (Lipinski definition) is 33. The van der Waals surface area contributed by atoms with Crippen molar-refractivity contribution in [2.45, 2.75) is 243 Å². The first-order valence-electron chi connectivity index (χ1n) is 25.2. The molecule has 1 unspecified atom stereocenters. The molecular formula is C44H75NO33. The molecule has 7 fully saturated rings. The van der Waals surface area contributed by atoms with Gasteiger partial charge in [-0.2, -0.15) is 0 Å². The number of carbonyl (C=O) groups is 1. The topological polar surface area (TPSA) is 533 Å². The molecular weight excluding hydrogens is 1070 g/mol. The predicted octanol–water partition coefficient (Wildman–Crippen LogP) is -13.0. The van der Waals surface area contributed by atoms with Crippen LogP contribution in [0.1, 0.15) is 27.7 Å². The zero-order chi connectivity index (χ0) is 57.5. The molecule has 1 amide bonds. The van der Waals surface area contributed by atoms with Gasteiger partial charge in [-0.25, -0.2) is 0 Å². The average molecular weight is 1150 g/mol. The zero-order valence-electron chi connectivity index (χ0n) is 42.2. The summed E-state index contributed by atoms with van der Waals surface area (Å²) >= 11 is 0. The molecule has 35 atom stereocenters. The van der Waals surface area contributed by atoms with Gasteiger partial charge in [0.15, 0.2) is 44.0 Å². The van der Waals surface area contributed by atoms with Crippen molar-refractivity contribution in [3.63, 3.8) is 0 Å². The molecule has 7 aliphatic rings. The van der Waals surface area contributed by atoms with Crippen LogP contribution in [0, 0.1) is 0 Å². The van der Waals surface area contributed by atoms with Crippen LogP contribution in [0.2, 0.25) is 0 Å². The molecule has 34 heteroatoms. The molecule has 20 N–H and O–H groups in total. The van der Waals surface area contributed by atoms with Gasteiger partial charge >= 0.3 is 0 Å². The van der Waals surface area contributed by atoms with Crippen LogP contribution >= 0.6 is 0 Å². The van der Waals surface area contributed by atoms with Gasteiger partial charge in [-0.1, -0.05) is 0 Å². The summed E-state index contributed by atoms with van der Waals surface area (Å²) < 4.78 is 77.1. The van der Waals surface area contributed by atoms with Gasteiger partial charge in [-0.05, 0) is 20.8 Å². The maximum absolute atomic E-state index is 13.4. The summed E-state index contributed by atoms with van der Waals surface area (Å²) in [7, 11) is 0. The number of amides is 1. The van der Waals surface area contributed by atoms with Gasteiger partial charge in [0.05, 0.1) is 44.7 Å². The number of rotatable bonds is 17. The van der Waals surface area contributed by atoms with E-state index < -0.39 is 247 Å². The number of aliphatic hydroxyl groups is 19. The van der Waals surface area contributed by atoms with Crippen LogP contribution in [-0.2, 0) is 66.4 Å². The third kappa shape index (κ3) is 13.2. The van der Waals surface area contributed by atoms with Gasteiger partial charge in [0.2, 0.25) is 5.91 Å². The van der Waals surface area contributed by atoms with E-state index in [0.717, 1.165) is 6.92 Å². The van der Waals surface area contributed by atoms with Crippen molar-refractivity contribution < 1.29 is 163 Å². The first-order valence-corrected chi connectivity index (χ1v) is 25.2. The Morgan fingerprint density at radius 3 is 1.27 bits per heavy atom. The summed E-state index contributed by atoms with van der Waals surface area (Å²) in [5, 5.41) is 208. The fraction of sp³-hybridized carbons (Fsp3) is 0.977. The third-order valence-corrected chi connectivity index (χ3v) is 14.8. The van der Waals surface area contributed by atoms with Crippen molar-refractivity contribution in [2.24, 2.45) is 0 Å². The Morgan fingerprint density at radius 1 is 0.359 bits per heavy atom. The highest BCUT2D eigenvalue weighted by atomic mass is 16.8. The molecule has 0 aliphatic carbocycles. The molecule has 7 rings (SSSR count). The second-order valence-electron chi connectivity index (χ2n) is 20.3. The van der Waals surface area contributed by atoms with E-state index in [1.165, 1.54) is 20.8 Å². The minimum absolute atomic E-state index is 0.812. The van der Waals surface area contributed by atoms with Crippen molar-refractivity contribution >= 4 is 5.91 Å². The molecule has 0 radical (unpaired) electrons. The summed E-state index contributed by atoms with van der Waals surface area (Å²) in [4.78, 5) is 13.4. The van der Waals surface area contributed by atoms with E-state index in [-0.39, 0.29) is 0 Å². The molecule has 7 heterocycles. The van der Waals surface area contributed by atoms with Gasteiger partial charge in [0.25, 0.3) is 0 Å². The van der Waals surface area contributed by atoms with Crippen molar-refractivity contribution in [2.75, 3.05) is 26.4 Å². The SMILES string of the molecule is CC(=O)N[C@H]1[C@H](O[C@@H]2[C@H](O)[C@@H](O)C(O)O[C@@H]2CO[C@@H]2O[C@@H](C)[C@@H](O)[C@@H](O)[C@@H]2O)O[C@H](CO)[C@@H](O[C@@H]2O[C@@H](C)[C@@H](O)[C@@H](O)[C@@H]2O)[C@@H]1O[C@@H]1O[C@H](CO)[C@H](O)[C@H](O[C@H]2O[C@H](CO)[C@H](O)[C@H](O)[C@H]2O)[C@H]1O[C@@H]1O[C@@H](C)[C@@H](O)[C@@H](O)[C@@H]1O. The van der Waals surface area contributed by atoms with E-state index in [0.29, 0.717) is 0 Å². The lowest BCUT2D eigenvalue weighted by atomic mass is 9.93. The number of ether oxygens (including phenoxy) is 13. The van der Waals surface area contributed by atoms with Crippen LogP contribution in [-0.4, -0.2) is 344 Å². The van der Waals surface area contributed by atoms with Crippen LogP contribution in [0.5, 0.6) is 0 Å². The van der Waals surface area contributed by atoms with E-state index in [2.05, 4.69) is 5.32 Å². The smallest absolute Gasteiger partial charge is 0.217 e. The summed E-state index contributed by atoms with van der Waals surface area (Å²) in [6, 6.07) is -1.94. The van der Waals surface area contributed by atoms with Crippen LogP contribution in [0.3, 0.4) is 0 Å². The normalized spacial score (nSPS) is 53.4. The Morgan fingerprint density at radius 2 is 0.756 bits per heavy atom. The minimum Gasteiger partial charge on any atom is -0.394 e. The number of carbonyl (C=O) groups excluding carboxylic acids is 1. The molecule has 0 aromatic carbocycles. The molecule has 78 heavy (non-hydrogen) atoms. The lowest BCUT2D eigenvalue weighted by molar-refractivity contribution is -0.410. The zero-order valence-corrected chi connectivity index (χ0v) is 42.2. The third-order valence-electron chi connectivity index (χ3n) is 14.8. The number of nitrogens with one attached hydrogen (secondary N) is 1. The molecule has 0 aromatic heterocycles. The standard InChI is InChI=1S/C44H75NO33/c1-9-18(50)23(55)29(61)40(67-9)66-8-16-33(27(59)28(60)38(65)70-16)74-39-17(45-12(4)49)35(34(15(7-48)73-39)75-41-30(62)24(56)19(51)10(2)68-41)76-44-37(78-42-31(63)25(57)20(52)11(3)69-42)36(22(54)14(6-47)72-44)77-43-32(64)26(58)21(53)13(5-46)71-43/h9-11,13-44,46-48,50-65H,5-8H2,1-4H3,(H,45,49)/t9-,10-,11-,13+,14+,15+,16+,17+,18+,19+,20+,21-,22-,23+,24+,25+,26-,27+,28+,29-,30-,31-,32+,33-,34+,35+,36-,37+,38?,39-,40+,41-,42-,43+,44-/m0/s1. The molecule has 454 valence electrons. The Bertz CT molecular complexity index is 1890. The molecule has 0 spiro atoms. The molecule has 0 aromatic rings. The summed E-state index contributed by atoms with van der Waals surface area (Å²) in [6.07, 6.45) is -64.7. The van der Waals surface area contributed by atoms with E-state index in [1.54, 1.807) is 0 Å². The van der Waals surface area contributed by atoms with Crippen molar-refractivity contribution in [3.8, 4) is 0 Å². The summed E-state index contributed by atoms with van der Waals surface area (Å²) in [6.45, 7) is 0.861. The quantitative estimate of drug-likeness (QED) is 0.0643. The van der Waals surface area contributed by atoms with Crippen LogP contribution < -0.4 is 5.32 Å². The van der Waals surface area contributed by atoms with Crippen LogP contribution in [0.25, 0.3) is 0 Å². The van der Waals surface area contributed by atoms with Gasteiger partial charge in [0.1, 0.15) is 153 Å². The minimum atomic E-state index is -2.26. The van der Waals surface area contributed by atoms with Crippen LogP contribution in [0.4, 0.5) is 0 Å². The number of aliphatic hydroxyl groups excluding tert-OH is 19. The van der Waals surface area contributed by atoms with Crippen LogP contribution in [0.15, 0.2) is 0 Å². The fourth-order valence-electron chi connectivity index (χ4n) is 10.1. The second kappa shape index (κ2) is 26.8. The number of hydrogen-bond donors (Lipinski definition) is 20. The summed E-state index contributed by atoms with van der Waals surface area (Å²) in [5.41, 5.74) is 0. The Kier molecular flexibility index (Phi) is 21.9. The monoisotopic (exact) mass is 1150 g/mol. The molecule has 7 aliphatic heterocycles. The van der Waals surface area contributed by atoms with E-state index in [9.17, 15) is 102 Å². The molecule has 34 nitrogen and oxygen atoms in total. The largest absolute Gasteiger partial charge is 0.394 e. The maximum atomic E-state index is 13.4. The van der Waals surface area contributed by atoms with Gasteiger partial charge < -0.3 is 164 Å². The van der Waals surface area contributed by atoms with Gasteiger partial charge in [-0.15, -0.1) is 0 Å². The highest BCUT2D eigenvalue weighted by molar-refractivity contribution is 5.73. The highest BCUT2D eigenvalue weighted by Crippen LogP contribution is 2.39. The Hall–Kier alpha value is -1.81. The van der Waals surface area contributed by atoms with Gasteiger partial charge in [-0.3, -0.25) is 4.79 Å². The van der Waals surface area contributed by atoms with Gasteiger partial charge in [0, 0.05) is 6.92 Å². The van der Waals surface area contributed by atoms with E-state index in [4.69, 9.17) is 61.6 Å². The average Bonchev–Trinajstić information content (AvgIpc) is 3.42. The summed E-state index contributed by atoms with van der Waals surface area (Å²) in [5.74, 6) is -0.938. The first-order chi connectivity index (χ1) is 36.7. The van der Waals surface area contributed by atoms with Crippen molar-refractivity contribution in [1.29, 1.82) is 0 Å². The molecule has 0 saturated carbocycles. The predicted molar refractivity (Wildman–Crippen MR) is 239 cm³/mol. The van der Waals surface area contributed by atoms with E-state index in [1.807, 2.05) is 0 Å². The first kappa shape index (κ1) is 63.8. The molecule has 7 saturated heterocycles. The lowest BCUT2D eigenvalue weighted by Gasteiger charge is -2.52. The van der Waals surface area contributed by atoms with Crippen molar-refractivity contribution in [3.05, 3.63) is 0 Å². The second-order valence-corrected chi connectivity index (χ2v) is 20.3. The lowest BCUT2D eigenvalue weighted by Crippen LogP contribution is -2.72. The Balaban J connectivity index is 1.31. The maximum Gasteiger partial charge on any atom is 0.217 e. The Labute approximate surface area is 443 Å². The van der Waals surface area contributed by atoms with E-state index >= 15 is 0 Å². The van der Waals surface area contributed by atoms with Crippen molar-refractivity contribution in [1.82, 2.24) is 5.32 Å². The highest BCUT2D eigenvalue weighted by Gasteiger charge is 2.60. The fourth-order valence-corrected chi connectivity index (χ4v) is 10.1. The molecule has 0 bridgehead atoms.